The summed E-state index contributed by atoms with van der Waals surface area (Å²) in [5.74, 6) is 0.293. The number of amides is 2. The van der Waals surface area contributed by atoms with Crippen molar-refractivity contribution in [3.8, 4) is 5.75 Å². The van der Waals surface area contributed by atoms with Crippen LogP contribution in [-0.4, -0.2) is 40.5 Å². The second-order valence-corrected chi connectivity index (χ2v) is 5.77. The third-order valence-electron chi connectivity index (χ3n) is 4.21. The molecule has 2 aromatic rings. The molecule has 0 saturated carbocycles. The zero-order valence-corrected chi connectivity index (χ0v) is 12.4. The number of fused-ring (bicyclic) bond motifs is 1. The molecule has 4 rings (SSSR count). The molecule has 2 aliphatic heterocycles. The summed E-state index contributed by atoms with van der Waals surface area (Å²) in [4.78, 5) is 30.5. The molecule has 0 radical (unpaired) electrons. The molecule has 23 heavy (non-hydrogen) atoms. The fourth-order valence-electron chi connectivity index (χ4n) is 3.07. The van der Waals surface area contributed by atoms with Gasteiger partial charge in [-0.25, -0.2) is 0 Å². The highest BCUT2D eigenvalue weighted by molar-refractivity contribution is 5.98. The Morgan fingerprint density at radius 2 is 2.13 bits per heavy atom. The summed E-state index contributed by atoms with van der Waals surface area (Å²) < 4.78 is 6.03. The molecule has 6 heteroatoms. The van der Waals surface area contributed by atoms with Crippen molar-refractivity contribution in [1.82, 2.24) is 15.2 Å². The lowest BCUT2D eigenvalue weighted by molar-refractivity contribution is 0.0240. The molecule has 1 spiro atoms. The SMILES string of the molecule is O=C1NC2(CCN(C(=O)c3cccnc3)C2)Oc2ccccc21. The van der Waals surface area contributed by atoms with Crippen LogP contribution < -0.4 is 10.1 Å². The molecule has 2 amide bonds. The van der Waals surface area contributed by atoms with Gasteiger partial charge in [0.1, 0.15) is 5.75 Å². The molecular weight excluding hydrogens is 294 g/mol. The molecule has 1 atom stereocenters. The molecule has 116 valence electrons. The van der Waals surface area contributed by atoms with Crippen LogP contribution in [0.25, 0.3) is 0 Å². The molecule has 1 unspecified atom stereocenters. The summed E-state index contributed by atoms with van der Waals surface area (Å²) in [5, 5.41) is 2.91. The number of pyridine rings is 1. The highest BCUT2D eigenvalue weighted by Gasteiger charge is 2.46. The predicted molar refractivity (Wildman–Crippen MR) is 82.0 cm³/mol. The van der Waals surface area contributed by atoms with Crippen LogP contribution >= 0.6 is 0 Å². The fraction of sp³-hybridized carbons (Fsp3) is 0.235. The fourth-order valence-corrected chi connectivity index (χ4v) is 3.07. The second kappa shape index (κ2) is 5.08. The Bertz CT molecular complexity index is 778. The summed E-state index contributed by atoms with van der Waals surface area (Å²) in [5.41, 5.74) is 0.214. The number of nitrogens with zero attached hydrogens (tertiary/aromatic N) is 2. The third-order valence-corrected chi connectivity index (χ3v) is 4.21. The molecule has 1 aromatic carbocycles. The number of aromatic nitrogens is 1. The van der Waals surface area contributed by atoms with Crippen LogP contribution in [0.15, 0.2) is 48.8 Å². The number of nitrogens with one attached hydrogen (secondary N) is 1. The number of para-hydroxylation sites is 1. The van der Waals surface area contributed by atoms with E-state index in [4.69, 9.17) is 4.74 Å². The van der Waals surface area contributed by atoms with Gasteiger partial charge in [-0.1, -0.05) is 12.1 Å². The van der Waals surface area contributed by atoms with Crippen molar-refractivity contribution in [3.63, 3.8) is 0 Å². The predicted octanol–water partition coefficient (Wildman–Crippen LogP) is 1.45. The second-order valence-electron chi connectivity index (χ2n) is 5.77. The van der Waals surface area contributed by atoms with Crippen molar-refractivity contribution < 1.29 is 14.3 Å². The molecule has 2 aliphatic rings. The highest BCUT2D eigenvalue weighted by Crippen LogP contribution is 2.33. The van der Waals surface area contributed by atoms with Gasteiger partial charge in [0, 0.05) is 25.4 Å². The van der Waals surface area contributed by atoms with Gasteiger partial charge in [-0.3, -0.25) is 14.6 Å². The molecule has 1 aromatic heterocycles. The minimum atomic E-state index is -0.844. The van der Waals surface area contributed by atoms with Gasteiger partial charge >= 0.3 is 0 Å². The molecule has 1 N–H and O–H groups in total. The number of hydrogen-bond donors (Lipinski definition) is 1. The molecular formula is C17H15N3O3. The number of benzene rings is 1. The normalized spacial score (nSPS) is 22.4. The van der Waals surface area contributed by atoms with Crippen molar-refractivity contribution in [2.45, 2.75) is 12.1 Å². The van der Waals surface area contributed by atoms with Crippen LogP contribution in [0.2, 0.25) is 0 Å². The lowest BCUT2D eigenvalue weighted by Crippen LogP contribution is -2.57. The Morgan fingerprint density at radius 3 is 2.96 bits per heavy atom. The van der Waals surface area contributed by atoms with E-state index in [1.54, 1.807) is 47.6 Å². The van der Waals surface area contributed by atoms with E-state index in [1.165, 1.54) is 0 Å². The third kappa shape index (κ3) is 2.32. The maximum absolute atomic E-state index is 12.5. The summed E-state index contributed by atoms with van der Waals surface area (Å²) >= 11 is 0. The van der Waals surface area contributed by atoms with Crippen LogP contribution in [0.1, 0.15) is 27.1 Å². The standard InChI is InChI=1S/C17H15N3O3/c21-15-13-5-1-2-6-14(13)23-17(19-15)7-9-20(11-17)16(22)12-4-3-8-18-10-12/h1-6,8,10H,7,9,11H2,(H,19,21). The van der Waals surface area contributed by atoms with Crippen molar-refractivity contribution in [1.29, 1.82) is 0 Å². The maximum Gasteiger partial charge on any atom is 0.258 e. The quantitative estimate of drug-likeness (QED) is 0.865. The van der Waals surface area contributed by atoms with Crippen LogP contribution in [0.5, 0.6) is 5.75 Å². The van der Waals surface area contributed by atoms with Crippen molar-refractivity contribution in [2.75, 3.05) is 13.1 Å². The minimum Gasteiger partial charge on any atom is -0.465 e. The molecule has 3 heterocycles. The summed E-state index contributed by atoms with van der Waals surface area (Å²) in [7, 11) is 0. The minimum absolute atomic E-state index is 0.105. The Morgan fingerprint density at radius 1 is 1.26 bits per heavy atom. The van der Waals surface area contributed by atoms with Crippen molar-refractivity contribution in [3.05, 3.63) is 59.9 Å². The average Bonchev–Trinajstić information content (AvgIpc) is 2.98. The first kappa shape index (κ1) is 13.8. The zero-order valence-electron chi connectivity index (χ0n) is 12.4. The first-order valence-corrected chi connectivity index (χ1v) is 7.47. The summed E-state index contributed by atoms with van der Waals surface area (Å²) in [6.07, 6.45) is 3.73. The Labute approximate surface area is 133 Å². The zero-order chi connectivity index (χ0) is 15.9. The number of carbonyl (C=O) groups is 2. The lowest BCUT2D eigenvalue weighted by atomic mass is 10.1. The van der Waals surface area contributed by atoms with Crippen molar-refractivity contribution >= 4 is 11.8 Å². The molecule has 0 aliphatic carbocycles. The Kier molecular flexibility index (Phi) is 3.04. The van der Waals surface area contributed by atoms with Crippen LogP contribution in [0.4, 0.5) is 0 Å². The van der Waals surface area contributed by atoms with Gasteiger partial charge in [0.05, 0.1) is 17.7 Å². The van der Waals surface area contributed by atoms with Gasteiger partial charge in [0.25, 0.3) is 11.8 Å². The van der Waals surface area contributed by atoms with E-state index in [0.717, 1.165) is 0 Å². The van der Waals surface area contributed by atoms with E-state index in [9.17, 15) is 9.59 Å². The monoisotopic (exact) mass is 309 g/mol. The van der Waals surface area contributed by atoms with Gasteiger partial charge < -0.3 is 15.0 Å². The molecule has 1 saturated heterocycles. The van der Waals surface area contributed by atoms with Gasteiger partial charge in [-0.15, -0.1) is 0 Å². The number of rotatable bonds is 1. The van der Waals surface area contributed by atoms with Gasteiger partial charge in [-0.05, 0) is 24.3 Å². The lowest BCUT2D eigenvalue weighted by Gasteiger charge is -2.35. The van der Waals surface area contributed by atoms with Crippen LogP contribution in [0, 0.1) is 0 Å². The highest BCUT2D eigenvalue weighted by atomic mass is 16.5. The summed E-state index contributed by atoms with van der Waals surface area (Å²) in [6, 6.07) is 10.6. The summed E-state index contributed by atoms with van der Waals surface area (Å²) in [6.45, 7) is 0.844. The first-order chi connectivity index (χ1) is 11.2. The topological polar surface area (TPSA) is 71.5 Å². The van der Waals surface area contributed by atoms with Crippen LogP contribution in [-0.2, 0) is 0 Å². The first-order valence-electron chi connectivity index (χ1n) is 7.47. The Balaban J connectivity index is 1.57. The van der Waals surface area contributed by atoms with E-state index in [0.29, 0.717) is 36.4 Å². The Hall–Kier alpha value is -2.89. The van der Waals surface area contributed by atoms with E-state index in [-0.39, 0.29) is 11.8 Å². The molecule has 1 fully saturated rings. The average molecular weight is 309 g/mol. The van der Waals surface area contributed by atoms with Gasteiger partial charge in [0.15, 0.2) is 0 Å². The number of ether oxygens (including phenoxy) is 1. The molecule has 0 bridgehead atoms. The van der Waals surface area contributed by atoms with E-state index in [2.05, 4.69) is 10.3 Å². The number of likely N-dealkylation sites (tertiary alicyclic amines) is 1. The van der Waals surface area contributed by atoms with Gasteiger partial charge in [-0.2, -0.15) is 0 Å². The smallest absolute Gasteiger partial charge is 0.258 e. The van der Waals surface area contributed by atoms with Crippen molar-refractivity contribution in [2.24, 2.45) is 0 Å². The maximum atomic E-state index is 12.5. The van der Waals surface area contributed by atoms with E-state index < -0.39 is 5.72 Å². The molecule has 6 nitrogen and oxygen atoms in total. The number of carbonyl (C=O) groups excluding carboxylic acids is 2. The number of hydrogen-bond acceptors (Lipinski definition) is 4. The van der Waals surface area contributed by atoms with E-state index >= 15 is 0 Å². The van der Waals surface area contributed by atoms with E-state index in [1.807, 2.05) is 6.07 Å². The largest absolute Gasteiger partial charge is 0.465 e. The van der Waals surface area contributed by atoms with Gasteiger partial charge in [0.2, 0.25) is 5.72 Å². The van der Waals surface area contributed by atoms with Crippen LogP contribution in [0.3, 0.4) is 0 Å².